The van der Waals surface area contributed by atoms with Crippen LogP contribution >= 0.6 is 0 Å². The lowest BCUT2D eigenvalue weighted by atomic mass is 10.0. The van der Waals surface area contributed by atoms with Gasteiger partial charge in [0, 0.05) is 11.3 Å². The first kappa shape index (κ1) is 8.08. The van der Waals surface area contributed by atoms with Gasteiger partial charge in [0.1, 0.15) is 0 Å². The number of hydrogen-bond acceptors (Lipinski definition) is 2. The summed E-state index contributed by atoms with van der Waals surface area (Å²) < 4.78 is 0. The largest absolute Gasteiger partial charge is 0.398 e. The third-order valence-electron chi connectivity index (χ3n) is 1.93. The first-order valence-electron chi connectivity index (χ1n) is 3.61. The Morgan fingerprint density at radius 1 is 1.27 bits per heavy atom. The summed E-state index contributed by atoms with van der Waals surface area (Å²) in [4.78, 5) is 0. The summed E-state index contributed by atoms with van der Waals surface area (Å²) in [5.41, 5.74) is 9.47. The first-order chi connectivity index (χ1) is 5.15. The monoisotopic (exact) mass is 151 g/mol. The number of benzene rings is 1. The molecule has 0 aliphatic carbocycles. The van der Waals surface area contributed by atoms with Gasteiger partial charge in [-0.1, -0.05) is 6.07 Å². The predicted octanol–water partition coefficient (Wildman–Crippen LogP) is 1.38. The molecule has 11 heavy (non-hydrogen) atoms. The molecule has 0 bridgehead atoms. The van der Waals surface area contributed by atoms with Crippen molar-refractivity contribution in [3.8, 4) is 0 Å². The quantitative estimate of drug-likeness (QED) is 0.595. The highest BCUT2D eigenvalue weighted by atomic mass is 16.3. The van der Waals surface area contributed by atoms with Crippen LogP contribution in [0.5, 0.6) is 0 Å². The summed E-state index contributed by atoms with van der Waals surface area (Å²) in [6.45, 7) is 4.04. The van der Waals surface area contributed by atoms with Crippen LogP contribution in [0.2, 0.25) is 0 Å². The molecule has 0 heterocycles. The average Bonchev–Trinajstić information content (AvgIpc) is 1.97. The van der Waals surface area contributed by atoms with Gasteiger partial charge in [-0.05, 0) is 31.0 Å². The van der Waals surface area contributed by atoms with Crippen LogP contribution in [0.1, 0.15) is 16.7 Å². The van der Waals surface area contributed by atoms with Crippen LogP contribution in [0, 0.1) is 13.8 Å². The third-order valence-corrected chi connectivity index (χ3v) is 1.93. The highest BCUT2D eigenvalue weighted by Crippen LogP contribution is 2.17. The van der Waals surface area contributed by atoms with Crippen molar-refractivity contribution in [1.29, 1.82) is 0 Å². The molecule has 0 saturated heterocycles. The number of nitrogens with two attached hydrogens (primary N) is 1. The van der Waals surface area contributed by atoms with Gasteiger partial charge in [0.2, 0.25) is 0 Å². The zero-order chi connectivity index (χ0) is 8.43. The van der Waals surface area contributed by atoms with Crippen molar-refractivity contribution in [3.63, 3.8) is 0 Å². The van der Waals surface area contributed by atoms with Gasteiger partial charge in [-0.3, -0.25) is 0 Å². The molecule has 1 aromatic carbocycles. The topological polar surface area (TPSA) is 46.2 Å². The van der Waals surface area contributed by atoms with Crippen molar-refractivity contribution >= 4 is 5.69 Å². The number of anilines is 1. The van der Waals surface area contributed by atoms with Crippen LogP contribution < -0.4 is 5.73 Å². The molecule has 0 saturated carbocycles. The minimum absolute atomic E-state index is 0.0208. The second-order valence-corrected chi connectivity index (χ2v) is 2.79. The minimum Gasteiger partial charge on any atom is -0.398 e. The summed E-state index contributed by atoms with van der Waals surface area (Å²) in [6.07, 6.45) is 0. The van der Waals surface area contributed by atoms with E-state index < -0.39 is 0 Å². The van der Waals surface area contributed by atoms with Crippen molar-refractivity contribution in [1.82, 2.24) is 0 Å². The zero-order valence-electron chi connectivity index (χ0n) is 6.89. The Kier molecular flexibility index (Phi) is 2.15. The van der Waals surface area contributed by atoms with E-state index in [-0.39, 0.29) is 6.61 Å². The van der Waals surface area contributed by atoms with Crippen LogP contribution in [-0.4, -0.2) is 5.11 Å². The summed E-state index contributed by atoms with van der Waals surface area (Å²) in [6, 6.07) is 3.81. The second-order valence-electron chi connectivity index (χ2n) is 2.79. The van der Waals surface area contributed by atoms with E-state index in [0.717, 1.165) is 5.56 Å². The normalized spacial score (nSPS) is 10.1. The van der Waals surface area contributed by atoms with E-state index in [2.05, 4.69) is 0 Å². The maximum absolute atomic E-state index is 8.85. The molecule has 2 nitrogen and oxygen atoms in total. The molecule has 1 aromatic rings. The first-order valence-corrected chi connectivity index (χ1v) is 3.61. The lowest BCUT2D eigenvalue weighted by Crippen LogP contribution is -1.96. The lowest BCUT2D eigenvalue weighted by Gasteiger charge is -2.06. The Balaban J connectivity index is 3.21. The average molecular weight is 151 g/mol. The molecular weight excluding hydrogens is 138 g/mol. The Bertz CT molecular complexity index is 269. The maximum atomic E-state index is 8.85. The minimum atomic E-state index is 0.0208. The van der Waals surface area contributed by atoms with Crippen LogP contribution in [0.3, 0.4) is 0 Å². The van der Waals surface area contributed by atoms with E-state index in [1.54, 1.807) is 0 Å². The molecule has 0 aliphatic heterocycles. The summed E-state index contributed by atoms with van der Waals surface area (Å²) in [5.74, 6) is 0. The molecule has 2 heteroatoms. The van der Waals surface area contributed by atoms with Gasteiger partial charge >= 0.3 is 0 Å². The van der Waals surface area contributed by atoms with E-state index in [4.69, 9.17) is 10.8 Å². The van der Waals surface area contributed by atoms with Crippen molar-refractivity contribution in [2.24, 2.45) is 0 Å². The highest BCUT2D eigenvalue weighted by molar-refractivity contribution is 5.51. The molecule has 0 radical (unpaired) electrons. The van der Waals surface area contributed by atoms with Crippen molar-refractivity contribution < 1.29 is 5.11 Å². The van der Waals surface area contributed by atoms with Crippen LogP contribution in [0.25, 0.3) is 0 Å². The van der Waals surface area contributed by atoms with Gasteiger partial charge in [0.25, 0.3) is 0 Å². The van der Waals surface area contributed by atoms with E-state index in [0.29, 0.717) is 5.69 Å². The van der Waals surface area contributed by atoms with Gasteiger partial charge in [-0.25, -0.2) is 0 Å². The van der Waals surface area contributed by atoms with Gasteiger partial charge in [0.15, 0.2) is 0 Å². The maximum Gasteiger partial charge on any atom is 0.0702 e. The standard InChI is InChI=1S/C9H13NO/c1-6-3-8(5-11)9(10)4-7(6)2/h3-4,11H,5,10H2,1-2H3. The number of rotatable bonds is 1. The molecule has 60 valence electrons. The number of nitrogen functional groups attached to an aromatic ring is 1. The van der Waals surface area contributed by atoms with E-state index in [9.17, 15) is 0 Å². The fourth-order valence-electron chi connectivity index (χ4n) is 1.04. The molecule has 0 amide bonds. The molecule has 1 rings (SSSR count). The summed E-state index contributed by atoms with van der Waals surface area (Å²) in [7, 11) is 0. The SMILES string of the molecule is Cc1cc(N)c(CO)cc1C. The van der Waals surface area contributed by atoms with E-state index in [1.807, 2.05) is 26.0 Å². The zero-order valence-corrected chi connectivity index (χ0v) is 6.89. The van der Waals surface area contributed by atoms with Gasteiger partial charge in [-0.2, -0.15) is 0 Å². The van der Waals surface area contributed by atoms with Gasteiger partial charge in [0.05, 0.1) is 6.61 Å². The summed E-state index contributed by atoms with van der Waals surface area (Å²) >= 11 is 0. The molecule has 0 fully saturated rings. The Labute approximate surface area is 66.7 Å². The lowest BCUT2D eigenvalue weighted by molar-refractivity contribution is 0.282. The Morgan fingerprint density at radius 2 is 1.82 bits per heavy atom. The smallest absolute Gasteiger partial charge is 0.0702 e. The molecule has 0 aromatic heterocycles. The molecular formula is C9H13NO. The fraction of sp³-hybridized carbons (Fsp3) is 0.333. The van der Waals surface area contributed by atoms with Gasteiger partial charge in [-0.15, -0.1) is 0 Å². The Morgan fingerprint density at radius 3 is 2.36 bits per heavy atom. The number of aliphatic hydroxyl groups is 1. The molecule has 0 atom stereocenters. The van der Waals surface area contributed by atoms with Crippen LogP contribution in [0.15, 0.2) is 12.1 Å². The molecule has 0 aliphatic rings. The van der Waals surface area contributed by atoms with Crippen molar-refractivity contribution in [2.45, 2.75) is 20.5 Å². The van der Waals surface area contributed by atoms with E-state index in [1.165, 1.54) is 11.1 Å². The Hall–Kier alpha value is -1.02. The molecule has 0 spiro atoms. The van der Waals surface area contributed by atoms with Crippen molar-refractivity contribution in [2.75, 3.05) is 5.73 Å². The number of aryl methyl sites for hydroxylation is 2. The van der Waals surface area contributed by atoms with E-state index >= 15 is 0 Å². The van der Waals surface area contributed by atoms with Gasteiger partial charge < -0.3 is 10.8 Å². The number of hydrogen-bond donors (Lipinski definition) is 2. The van der Waals surface area contributed by atoms with Crippen LogP contribution in [-0.2, 0) is 6.61 Å². The highest BCUT2D eigenvalue weighted by Gasteiger charge is 1.99. The third kappa shape index (κ3) is 1.52. The van der Waals surface area contributed by atoms with Crippen LogP contribution in [0.4, 0.5) is 5.69 Å². The number of aliphatic hydroxyl groups excluding tert-OH is 1. The second kappa shape index (κ2) is 2.93. The van der Waals surface area contributed by atoms with Crippen molar-refractivity contribution in [3.05, 3.63) is 28.8 Å². The molecule has 0 unspecified atom stereocenters. The molecule has 3 N–H and O–H groups in total. The fourth-order valence-corrected chi connectivity index (χ4v) is 1.04. The predicted molar refractivity (Wildman–Crippen MR) is 46.3 cm³/mol. The summed E-state index contributed by atoms with van der Waals surface area (Å²) in [5, 5.41) is 8.85.